The fourth-order valence-electron chi connectivity index (χ4n) is 8.01. The molecule has 10 rings (SSSR count). The van der Waals surface area contributed by atoms with Crippen LogP contribution in [0.15, 0.2) is 182 Å². The van der Waals surface area contributed by atoms with E-state index in [0.717, 1.165) is 0 Å². The van der Waals surface area contributed by atoms with Crippen LogP contribution in [0.25, 0.3) is 60.5 Å². The Hall–Kier alpha value is -6.18. The van der Waals surface area contributed by atoms with Crippen molar-refractivity contribution in [3.05, 3.63) is 210 Å². The number of hydrogen-bond donors (Lipinski definition) is 0. The highest BCUT2D eigenvalue weighted by Crippen LogP contribution is 2.48. The Bertz CT molecular complexity index is 2700. The predicted molar refractivity (Wildman–Crippen MR) is 228 cm³/mol. The quantitative estimate of drug-likeness (QED) is 0.171. The van der Waals surface area contributed by atoms with Crippen LogP contribution in [-0.4, -0.2) is 4.57 Å². The molecule has 1 nitrogen and oxygen atoms in total. The van der Waals surface area contributed by atoms with E-state index in [0.29, 0.717) is 0 Å². The molecule has 9 aromatic rings. The molecule has 0 radical (unpaired) electrons. The first kappa shape index (κ1) is 33.9. The Balaban J connectivity index is 0.000000126. The summed E-state index contributed by atoms with van der Waals surface area (Å²) in [5.74, 6) is 0. The highest BCUT2D eigenvalue weighted by molar-refractivity contribution is 6.09. The molecule has 1 aromatic heterocycles. The molecule has 1 aliphatic rings. The van der Waals surface area contributed by atoms with Gasteiger partial charge in [0.15, 0.2) is 0 Å². The number of rotatable bonds is 2. The van der Waals surface area contributed by atoms with Gasteiger partial charge in [0.25, 0.3) is 0 Å². The van der Waals surface area contributed by atoms with Crippen molar-refractivity contribution in [1.82, 2.24) is 4.57 Å². The van der Waals surface area contributed by atoms with E-state index in [1.807, 2.05) is 0 Å². The summed E-state index contributed by atoms with van der Waals surface area (Å²) in [6.45, 7) is 11.1. The van der Waals surface area contributed by atoms with Crippen molar-refractivity contribution in [3.8, 4) is 27.9 Å². The highest BCUT2D eigenvalue weighted by Gasteiger charge is 2.34. The molecule has 258 valence electrons. The molecule has 1 heteroatoms. The average Bonchev–Trinajstić information content (AvgIpc) is 3.63. The summed E-state index contributed by atoms with van der Waals surface area (Å²) in [6, 6.07) is 65.1. The number of fused-ring (bicyclic) bond motifs is 7. The lowest BCUT2D eigenvalue weighted by Crippen LogP contribution is -2.14. The van der Waals surface area contributed by atoms with Crippen LogP contribution in [0.5, 0.6) is 0 Å². The van der Waals surface area contributed by atoms with Gasteiger partial charge < -0.3 is 4.57 Å². The van der Waals surface area contributed by atoms with E-state index in [1.54, 1.807) is 0 Å². The molecular formula is C52H45N. The molecule has 8 aromatic carbocycles. The van der Waals surface area contributed by atoms with E-state index in [2.05, 4.69) is 221 Å². The maximum atomic E-state index is 2.37. The van der Waals surface area contributed by atoms with Gasteiger partial charge in [-0.2, -0.15) is 0 Å². The summed E-state index contributed by atoms with van der Waals surface area (Å²) in [5, 5.41) is 5.29. The number of para-hydroxylation sites is 1. The van der Waals surface area contributed by atoms with Crippen molar-refractivity contribution >= 4 is 32.6 Å². The van der Waals surface area contributed by atoms with Gasteiger partial charge in [-0.3, -0.25) is 0 Å². The zero-order chi connectivity index (χ0) is 36.5. The minimum atomic E-state index is 0.152. The lowest BCUT2D eigenvalue weighted by Gasteiger charge is -2.21. The first-order chi connectivity index (χ1) is 25.8. The van der Waals surface area contributed by atoms with Gasteiger partial charge in [-0.1, -0.05) is 177 Å². The van der Waals surface area contributed by atoms with Crippen LogP contribution < -0.4 is 0 Å². The molecule has 0 N–H and O–H groups in total. The van der Waals surface area contributed by atoms with E-state index >= 15 is 0 Å². The van der Waals surface area contributed by atoms with Crippen molar-refractivity contribution in [2.45, 2.75) is 40.0 Å². The van der Waals surface area contributed by atoms with Gasteiger partial charge >= 0.3 is 0 Å². The molecule has 53 heavy (non-hydrogen) atoms. The lowest BCUT2D eigenvalue weighted by molar-refractivity contribution is 0.660. The largest absolute Gasteiger partial charge is 0.309 e. The molecule has 0 spiro atoms. The summed E-state index contributed by atoms with van der Waals surface area (Å²) >= 11 is 0. The standard InChI is InChI=1S/C25H19N.C16H16.C11H10/c1-18-11-16-23-22-9-5-6-10-24(22)26(25(23)17-18)21-14-12-20(13-15-21)19-7-3-2-4-8-19;1-11-8-9-15-13(10-11)12-6-4-5-7-14(12)16(15,2)3;1-9-5-4-7-10-6-2-3-8-11(9)10/h2-17H,1H3;4-10H,1-3H3;2-8H,1H3. The van der Waals surface area contributed by atoms with Crippen molar-refractivity contribution in [3.63, 3.8) is 0 Å². The van der Waals surface area contributed by atoms with Crippen molar-refractivity contribution in [2.24, 2.45) is 0 Å². The van der Waals surface area contributed by atoms with Gasteiger partial charge in [0.2, 0.25) is 0 Å². The number of hydrogen-bond acceptors (Lipinski definition) is 0. The van der Waals surface area contributed by atoms with Gasteiger partial charge in [-0.05, 0) is 100 Å². The predicted octanol–water partition coefficient (Wildman–Crippen LogP) is 14.2. The second kappa shape index (κ2) is 14.1. The van der Waals surface area contributed by atoms with Crippen LogP contribution in [0.2, 0.25) is 0 Å². The molecule has 0 saturated carbocycles. The third-order valence-corrected chi connectivity index (χ3v) is 10.8. The maximum absolute atomic E-state index is 2.37. The zero-order valence-corrected chi connectivity index (χ0v) is 31.3. The number of benzene rings is 8. The maximum Gasteiger partial charge on any atom is 0.0543 e. The van der Waals surface area contributed by atoms with E-state index in [1.165, 1.54) is 88.3 Å². The van der Waals surface area contributed by atoms with Gasteiger partial charge in [-0.15, -0.1) is 0 Å². The fourth-order valence-corrected chi connectivity index (χ4v) is 8.01. The summed E-state index contributed by atoms with van der Waals surface area (Å²) < 4.78 is 2.37. The monoisotopic (exact) mass is 683 g/mol. The number of aryl methyl sites for hydroxylation is 3. The highest BCUT2D eigenvalue weighted by atomic mass is 15.0. The van der Waals surface area contributed by atoms with Gasteiger partial charge in [-0.25, -0.2) is 0 Å². The van der Waals surface area contributed by atoms with E-state index < -0.39 is 0 Å². The van der Waals surface area contributed by atoms with Crippen LogP contribution in [0.1, 0.15) is 41.7 Å². The minimum Gasteiger partial charge on any atom is -0.309 e. The molecule has 0 bridgehead atoms. The Kier molecular flexibility index (Phi) is 9.02. The first-order valence-electron chi connectivity index (χ1n) is 18.6. The van der Waals surface area contributed by atoms with Crippen molar-refractivity contribution in [1.29, 1.82) is 0 Å². The molecule has 0 amide bonds. The number of nitrogens with zero attached hydrogens (tertiary/aromatic N) is 1. The van der Waals surface area contributed by atoms with Gasteiger partial charge in [0, 0.05) is 21.9 Å². The molecule has 1 aliphatic carbocycles. The molecule has 1 heterocycles. The van der Waals surface area contributed by atoms with Crippen LogP contribution in [0.4, 0.5) is 0 Å². The van der Waals surface area contributed by atoms with Gasteiger partial charge in [0.05, 0.1) is 11.0 Å². The SMILES string of the molecule is Cc1ccc2c(c1)-c1ccccc1C2(C)C.Cc1ccc2c3ccccc3n(-c3ccc(-c4ccccc4)cc3)c2c1.Cc1cccc2ccccc12. The smallest absolute Gasteiger partial charge is 0.0543 e. The molecule has 0 fully saturated rings. The van der Waals surface area contributed by atoms with Crippen molar-refractivity contribution < 1.29 is 0 Å². The third kappa shape index (κ3) is 6.45. The molecule has 0 unspecified atom stereocenters. The van der Waals surface area contributed by atoms with Crippen LogP contribution in [0, 0.1) is 20.8 Å². The van der Waals surface area contributed by atoms with Gasteiger partial charge in [0.1, 0.15) is 0 Å². The first-order valence-corrected chi connectivity index (χ1v) is 18.6. The summed E-state index contributed by atoms with van der Waals surface area (Å²) in [4.78, 5) is 0. The third-order valence-electron chi connectivity index (χ3n) is 10.8. The van der Waals surface area contributed by atoms with E-state index in [4.69, 9.17) is 0 Å². The van der Waals surface area contributed by atoms with E-state index in [-0.39, 0.29) is 5.41 Å². The summed E-state index contributed by atoms with van der Waals surface area (Å²) in [6.07, 6.45) is 0. The summed E-state index contributed by atoms with van der Waals surface area (Å²) in [7, 11) is 0. The second-order valence-electron chi connectivity index (χ2n) is 14.8. The Labute approximate surface area is 313 Å². The normalized spacial score (nSPS) is 12.4. The Morgan fingerprint density at radius 2 is 0.981 bits per heavy atom. The average molecular weight is 684 g/mol. The fraction of sp³-hybridized carbons (Fsp3) is 0.115. The van der Waals surface area contributed by atoms with Crippen LogP contribution in [0.3, 0.4) is 0 Å². The summed E-state index contributed by atoms with van der Waals surface area (Å²) in [5.41, 5.74) is 16.1. The molecule has 0 atom stereocenters. The Morgan fingerprint density at radius 3 is 1.77 bits per heavy atom. The van der Waals surface area contributed by atoms with Crippen LogP contribution in [-0.2, 0) is 5.41 Å². The molecule has 0 aliphatic heterocycles. The van der Waals surface area contributed by atoms with Crippen LogP contribution >= 0.6 is 0 Å². The number of aromatic nitrogens is 1. The molecular weight excluding hydrogens is 639 g/mol. The Morgan fingerprint density at radius 1 is 0.396 bits per heavy atom. The lowest BCUT2D eigenvalue weighted by atomic mass is 9.82. The zero-order valence-electron chi connectivity index (χ0n) is 31.3. The topological polar surface area (TPSA) is 4.93 Å². The molecule has 0 saturated heterocycles. The second-order valence-corrected chi connectivity index (χ2v) is 14.8. The minimum absolute atomic E-state index is 0.152. The van der Waals surface area contributed by atoms with E-state index in [9.17, 15) is 0 Å². The van der Waals surface area contributed by atoms with Crippen molar-refractivity contribution in [2.75, 3.05) is 0 Å².